The third-order valence-corrected chi connectivity index (χ3v) is 6.85. The van der Waals surface area contributed by atoms with Gasteiger partial charge >= 0.3 is 0 Å². The number of aromatic nitrogens is 2. The van der Waals surface area contributed by atoms with Crippen LogP contribution in [0.3, 0.4) is 0 Å². The van der Waals surface area contributed by atoms with E-state index in [2.05, 4.69) is 15.5 Å². The van der Waals surface area contributed by atoms with Gasteiger partial charge in [-0.2, -0.15) is 0 Å². The van der Waals surface area contributed by atoms with Gasteiger partial charge in [-0.25, -0.2) is 4.98 Å². The Hall–Kier alpha value is -4.20. The molecule has 1 saturated carbocycles. The molecule has 1 aliphatic carbocycles. The molecule has 0 atom stereocenters. The Kier molecular flexibility index (Phi) is 5.64. The zero-order valence-electron chi connectivity index (χ0n) is 20.0. The number of carbonyl (C=O) groups is 2. The molecule has 0 bridgehead atoms. The van der Waals surface area contributed by atoms with Crippen molar-refractivity contribution in [3.05, 3.63) is 71.4 Å². The SMILES string of the molecule is COc1ccc(-c2noc3nc(C4CC4)cc(C(=O)Nc4ccc(C(=O)N5CCCC5)cc4)c23)cc1. The molecule has 1 N–H and O–H groups in total. The summed E-state index contributed by atoms with van der Waals surface area (Å²) >= 11 is 0. The van der Waals surface area contributed by atoms with Crippen molar-refractivity contribution in [2.45, 2.75) is 31.6 Å². The third kappa shape index (κ3) is 4.19. The quantitative estimate of drug-likeness (QED) is 0.402. The molecule has 1 aliphatic heterocycles. The molecule has 2 aliphatic rings. The highest BCUT2D eigenvalue weighted by molar-refractivity contribution is 6.14. The lowest BCUT2D eigenvalue weighted by molar-refractivity contribution is 0.0792. The number of anilines is 1. The van der Waals surface area contributed by atoms with E-state index in [1.807, 2.05) is 35.2 Å². The van der Waals surface area contributed by atoms with E-state index < -0.39 is 0 Å². The van der Waals surface area contributed by atoms with Crippen molar-refractivity contribution in [3.63, 3.8) is 0 Å². The Morgan fingerprint density at radius 3 is 2.42 bits per heavy atom. The van der Waals surface area contributed by atoms with Crippen molar-refractivity contribution in [1.29, 1.82) is 0 Å². The second-order valence-electron chi connectivity index (χ2n) is 9.34. The monoisotopic (exact) mass is 482 g/mol. The molecule has 1 saturated heterocycles. The fraction of sp³-hybridized carbons (Fsp3) is 0.286. The van der Waals surface area contributed by atoms with Gasteiger partial charge in [0.05, 0.1) is 18.1 Å². The number of methoxy groups -OCH3 is 1. The first-order valence-corrected chi connectivity index (χ1v) is 12.3. The zero-order valence-corrected chi connectivity index (χ0v) is 20.0. The van der Waals surface area contributed by atoms with Gasteiger partial charge in [0.1, 0.15) is 11.4 Å². The van der Waals surface area contributed by atoms with Gasteiger partial charge in [-0.05, 0) is 80.3 Å². The number of nitrogens with one attached hydrogen (secondary N) is 1. The molecular weight excluding hydrogens is 456 g/mol. The normalized spacial score (nSPS) is 15.3. The smallest absolute Gasteiger partial charge is 0.259 e. The Morgan fingerprint density at radius 2 is 1.75 bits per heavy atom. The third-order valence-electron chi connectivity index (χ3n) is 6.85. The molecule has 4 aromatic rings. The van der Waals surface area contributed by atoms with Crippen molar-refractivity contribution in [3.8, 4) is 17.0 Å². The van der Waals surface area contributed by atoms with Crippen molar-refractivity contribution in [2.75, 3.05) is 25.5 Å². The molecular formula is C28H26N4O4. The van der Waals surface area contributed by atoms with E-state index >= 15 is 0 Å². The van der Waals surface area contributed by atoms with Crippen molar-refractivity contribution in [1.82, 2.24) is 15.0 Å². The number of hydrogen-bond acceptors (Lipinski definition) is 6. The van der Waals surface area contributed by atoms with E-state index in [-0.39, 0.29) is 11.8 Å². The van der Waals surface area contributed by atoms with Crippen molar-refractivity contribution < 1.29 is 18.8 Å². The number of nitrogens with zero attached hydrogens (tertiary/aromatic N) is 3. The number of likely N-dealkylation sites (tertiary alicyclic amines) is 1. The van der Waals surface area contributed by atoms with Gasteiger partial charge in [0.2, 0.25) is 0 Å². The van der Waals surface area contributed by atoms with Gasteiger partial charge in [0.25, 0.3) is 17.5 Å². The number of benzene rings is 2. The zero-order chi connectivity index (χ0) is 24.6. The minimum atomic E-state index is -0.277. The molecule has 2 amide bonds. The van der Waals surface area contributed by atoms with Crippen LogP contribution in [0.4, 0.5) is 5.69 Å². The number of amides is 2. The average Bonchev–Trinajstić information content (AvgIpc) is 3.44. The number of hydrogen-bond donors (Lipinski definition) is 1. The van der Waals surface area contributed by atoms with Crippen molar-refractivity contribution in [2.24, 2.45) is 0 Å². The number of rotatable bonds is 6. The van der Waals surface area contributed by atoms with E-state index in [9.17, 15) is 9.59 Å². The van der Waals surface area contributed by atoms with Crippen LogP contribution in [0, 0.1) is 0 Å². The summed E-state index contributed by atoms with van der Waals surface area (Å²) in [6, 6.07) is 16.3. The van der Waals surface area contributed by atoms with Crippen LogP contribution in [0.15, 0.2) is 59.1 Å². The predicted octanol–water partition coefficient (Wildman–Crippen LogP) is 5.26. The molecule has 8 nitrogen and oxygen atoms in total. The topological polar surface area (TPSA) is 97.6 Å². The summed E-state index contributed by atoms with van der Waals surface area (Å²) in [4.78, 5) is 32.7. The molecule has 2 fully saturated rings. The highest BCUT2D eigenvalue weighted by atomic mass is 16.5. The van der Waals surface area contributed by atoms with Gasteiger partial charge in [-0.15, -0.1) is 0 Å². The number of carbonyl (C=O) groups excluding carboxylic acids is 2. The molecule has 6 rings (SSSR count). The van der Waals surface area contributed by atoms with Crippen LogP contribution < -0.4 is 10.1 Å². The van der Waals surface area contributed by atoms with Gasteiger partial charge < -0.3 is 19.5 Å². The number of ether oxygens (including phenoxy) is 1. The van der Waals surface area contributed by atoms with Crippen LogP contribution in [0.5, 0.6) is 5.75 Å². The van der Waals surface area contributed by atoms with Crippen molar-refractivity contribution >= 4 is 28.6 Å². The predicted molar refractivity (Wildman–Crippen MR) is 135 cm³/mol. The van der Waals surface area contributed by atoms with Crippen LogP contribution in [0.25, 0.3) is 22.4 Å². The molecule has 0 spiro atoms. The summed E-state index contributed by atoms with van der Waals surface area (Å²) in [5, 5.41) is 7.81. The van der Waals surface area contributed by atoms with E-state index in [4.69, 9.17) is 9.26 Å². The van der Waals surface area contributed by atoms with E-state index in [0.717, 1.165) is 55.8 Å². The second kappa shape index (κ2) is 9.11. The van der Waals surface area contributed by atoms with Gasteiger partial charge in [-0.3, -0.25) is 9.59 Å². The lowest BCUT2D eigenvalue weighted by Gasteiger charge is -2.15. The first kappa shape index (κ1) is 22.3. The van der Waals surface area contributed by atoms with Gasteiger partial charge in [-0.1, -0.05) is 5.16 Å². The first-order valence-electron chi connectivity index (χ1n) is 12.3. The van der Waals surface area contributed by atoms with Crippen LogP contribution in [-0.4, -0.2) is 47.1 Å². The fourth-order valence-corrected chi connectivity index (χ4v) is 4.68. The fourth-order valence-electron chi connectivity index (χ4n) is 4.68. The molecule has 8 heteroatoms. The minimum absolute atomic E-state index is 0.0314. The highest BCUT2D eigenvalue weighted by Crippen LogP contribution is 2.41. The summed E-state index contributed by atoms with van der Waals surface area (Å²) in [7, 11) is 1.61. The van der Waals surface area contributed by atoms with E-state index in [0.29, 0.717) is 39.5 Å². The van der Waals surface area contributed by atoms with Crippen LogP contribution in [0.2, 0.25) is 0 Å². The summed E-state index contributed by atoms with van der Waals surface area (Å²) < 4.78 is 10.9. The maximum absolute atomic E-state index is 13.5. The standard InChI is InChI=1S/C28H26N4O4/c1-35-21-12-8-18(9-13-21)25-24-22(16-23(17-4-5-17)30-27(24)36-31-25)26(33)29-20-10-6-19(7-11-20)28(34)32-14-2-3-15-32/h6-13,16-17H,2-5,14-15H2,1H3,(H,29,33). The maximum Gasteiger partial charge on any atom is 0.259 e. The molecule has 2 aromatic heterocycles. The van der Waals surface area contributed by atoms with Gasteiger partial charge in [0.15, 0.2) is 0 Å². The summed E-state index contributed by atoms with van der Waals surface area (Å²) in [6.45, 7) is 1.60. The Bertz CT molecular complexity index is 1430. The molecule has 182 valence electrons. The molecule has 36 heavy (non-hydrogen) atoms. The lowest BCUT2D eigenvalue weighted by atomic mass is 10.0. The lowest BCUT2D eigenvalue weighted by Crippen LogP contribution is -2.27. The molecule has 3 heterocycles. The van der Waals surface area contributed by atoms with Crippen LogP contribution >= 0.6 is 0 Å². The number of pyridine rings is 1. The molecule has 2 aromatic carbocycles. The number of fused-ring (bicyclic) bond motifs is 1. The summed E-state index contributed by atoms with van der Waals surface area (Å²) in [5.41, 5.74) is 4.25. The molecule has 0 radical (unpaired) electrons. The van der Waals surface area contributed by atoms with E-state index in [1.165, 1.54) is 0 Å². The Labute approximate surface area is 208 Å². The summed E-state index contributed by atoms with van der Waals surface area (Å²) in [6.07, 6.45) is 4.19. The van der Waals surface area contributed by atoms with Crippen LogP contribution in [0.1, 0.15) is 58.0 Å². The largest absolute Gasteiger partial charge is 0.497 e. The maximum atomic E-state index is 13.5. The minimum Gasteiger partial charge on any atom is -0.497 e. The second-order valence-corrected chi connectivity index (χ2v) is 9.34. The first-order chi connectivity index (χ1) is 17.6. The highest BCUT2D eigenvalue weighted by Gasteiger charge is 2.29. The van der Waals surface area contributed by atoms with Gasteiger partial charge in [0, 0.05) is 41.5 Å². The summed E-state index contributed by atoms with van der Waals surface area (Å²) in [5.74, 6) is 0.821. The Balaban J connectivity index is 1.32. The molecule has 0 unspecified atom stereocenters. The Morgan fingerprint density at radius 1 is 1.03 bits per heavy atom. The van der Waals surface area contributed by atoms with E-state index in [1.54, 1.807) is 31.4 Å². The average molecular weight is 483 g/mol. The van der Waals surface area contributed by atoms with Crippen LogP contribution in [-0.2, 0) is 0 Å².